The smallest absolute Gasteiger partial charge is 0.340 e. The van der Waals surface area contributed by atoms with Crippen molar-refractivity contribution in [2.24, 2.45) is 22.1 Å². The van der Waals surface area contributed by atoms with E-state index in [0.29, 0.717) is 40.9 Å². The Hall–Kier alpha value is -3.74. The van der Waals surface area contributed by atoms with E-state index in [-0.39, 0.29) is 17.4 Å². The Balaban J connectivity index is 1.59. The van der Waals surface area contributed by atoms with Crippen LogP contribution < -0.4 is 5.56 Å². The summed E-state index contributed by atoms with van der Waals surface area (Å²) in [6.07, 6.45) is 2.41. The summed E-state index contributed by atoms with van der Waals surface area (Å²) < 4.78 is 7.37. The van der Waals surface area contributed by atoms with Crippen molar-refractivity contribution >= 4 is 17.3 Å². The summed E-state index contributed by atoms with van der Waals surface area (Å²) in [4.78, 5) is 26.0. The summed E-state index contributed by atoms with van der Waals surface area (Å²) in [5.74, 6) is 0.263. The standard InChI is InChI=1S/C27H30N4O3/c1-17(2)21-15-14-18(3)16-24(21)34-27(33)22-12-8-9-13-23(22)28-29-25-19(4)30-31(26(25)32)20-10-6-5-7-11-20/h5-13,17,21,24,30H,3,14-16H2,1-2,4H3. The van der Waals surface area contributed by atoms with Gasteiger partial charge in [0.25, 0.3) is 5.56 Å². The topological polar surface area (TPSA) is 88.8 Å². The van der Waals surface area contributed by atoms with Crippen LogP contribution in [-0.4, -0.2) is 21.9 Å². The van der Waals surface area contributed by atoms with Crippen molar-refractivity contribution in [1.82, 2.24) is 9.78 Å². The predicted octanol–water partition coefficient (Wildman–Crippen LogP) is 6.43. The minimum absolute atomic E-state index is 0.190. The molecule has 2 aromatic carbocycles. The number of aryl methyl sites for hydroxylation is 1. The first-order valence-corrected chi connectivity index (χ1v) is 11.6. The summed E-state index contributed by atoms with van der Waals surface area (Å²) in [5.41, 5.74) is 2.95. The lowest BCUT2D eigenvalue weighted by atomic mass is 9.77. The number of rotatable bonds is 6. The predicted molar refractivity (Wildman–Crippen MR) is 132 cm³/mol. The molecule has 7 nitrogen and oxygen atoms in total. The van der Waals surface area contributed by atoms with Crippen LogP contribution in [-0.2, 0) is 4.74 Å². The fraction of sp³-hybridized carbons (Fsp3) is 0.333. The van der Waals surface area contributed by atoms with Gasteiger partial charge in [-0.25, -0.2) is 9.48 Å². The van der Waals surface area contributed by atoms with Gasteiger partial charge in [0.2, 0.25) is 0 Å². The number of hydrogen-bond donors (Lipinski definition) is 1. The molecule has 34 heavy (non-hydrogen) atoms. The van der Waals surface area contributed by atoms with E-state index in [9.17, 15) is 9.59 Å². The Morgan fingerprint density at radius 3 is 2.56 bits per heavy atom. The first-order valence-electron chi connectivity index (χ1n) is 11.6. The zero-order valence-electron chi connectivity index (χ0n) is 19.8. The minimum atomic E-state index is -0.438. The molecule has 0 saturated heterocycles. The van der Waals surface area contributed by atoms with Crippen LogP contribution in [0.5, 0.6) is 0 Å². The van der Waals surface area contributed by atoms with Gasteiger partial charge in [0.15, 0.2) is 5.69 Å². The highest BCUT2D eigenvalue weighted by Crippen LogP contribution is 2.35. The van der Waals surface area contributed by atoms with E-state index in [0.717, 1.165) is 18.4 Å². The number of carbonyl (C=O) groups is 1. The number of ether oxygens (including phenoxy) is 1. The van der Waals surface area contributed by atoms with Crippen LogP contribution >= 0.6 is 0 Å². The molecule has 3 aromatic rings. The van der Waals surface area contributed by atoms with Gasteiger partial charge in [-0.1, -0.05) is 56.3 Å². The van der Waals surface area contributed by atoms with Crippen LogP contribution in [0, 0.1) is 18.8 Å². The van der Waals surface area contributed by atoms with Crippen LogP contribution in [0.3, 0.4) is 0 Å². The van der Waals surface area contributed by atoms with E-state index >= 15 is 0 Å². The molecule has 0 aliphatic heterocycles. The normalized spacial score (nSPS) is 18.5. The van der Waals surface area contributed by atoms with Crippen molar-refractivity contribution in [2.45, 2.75) is 46.1 Å². The van der Waals surface area contributed by atoms with Crippen molar-refractivity contribution < 1.29 is 9.53 Å². The monoisotopic (exact) mass is 458 g/mol. The molecular weight excluding hydrogens is 428 g/mol. The molecular formula is C27H30N4O3. The second-order valence-electron chi connectivity index (χ2n) is 9.12. The van der Waals surface area contributed by atoms with Crippen LogP contribution in [0.4, 0.5) is 11.4 Å². The van der Waals surface area contributed by atoms with Crippen LogP contribution in [0.2, 0.25) is 0 Å². The molecule has 0 bridgehead atoms. The quantitative estimate of drug-likeness (QED) is 0.262. The summed E-state index contributed by atoms with van der Waals surface area (Å²) >= 11 is 0. The van der Waals surface area contributed by atoms with Crippen LogP contribution in [0.1, 0.15) is 49.2 Å². The second kappa shape index (κ2) is 10.0. The lowest BCUT2D eigenvalue weighted by molar-refractivity contribution is -0.000572. The molecule has 0 spiro atoms. The molecule has 1 fully saturated rings. The second-order valence-corrected chi connectivity index (χ2v) is 9.12. The third kappa shape index (κ3) is 4.93. The van der Waals surface area contributed by atoms with Crippen molar-refractivity contribution in [1.29, 1.82) is 0 Å². The van der Waals surface area contributed by atoms with Gasteiger partial charge in [-0.05, 0) is 55.9 Å². The van der Waals surface area contributed by atoms with Crippen molar-refractivity contribution in [3.8, 4) is 5.69 Å². The van der Waals surface area contributed by atoms with Crippen LogP contribution in [0.15, 0.2) is 81.8 Å². The van der Waals surface area contributed by atoms with Gasteiger partial charge in [-0.2, -0.15) is 0 Å². The summed E-state index contributed by atoms with van der Waals surface area (Å²) in [5, 5.41) is 11.5. The molecule has 7 heteroatoms. The number of para-hydroxylation sites is 1. The maximum atomic E-state index is 13.1. The number of nitrogens with one attached hydrogen (secondary N) is 1. The van der Waals surface area contributed by atoms with E-state index in [2.05, 4.69) is 35.8 Å². The van der Waals surface area contributed by atoms with E-state index < -0.39 is 5.97 Å². The molecule has 4 rings (SSSR count). The first kappa shape index (κ1) is 23.4. The number of esters is 1. The van der Waals surface area contributed by atoms with Crippen molar-refractivity contribution in [3.05, 3.63) is 88.4 Å². The van der Waals surface area contributed by atoms with E-state index in [1.807, 2.05) is 30.3 Å². The lowest BCUT2D eigenvalue weighted by Crippen LogP contribution is -2.34. The van der Waals surface area contributed by atoms with Crippen molar-refractivity contribution in [3.63, 3.8) is 0 Å². The fourth-order valence-corrected chi connectivity index (χ4v) is 4.44. The third-order valence-electron chi connectivity index (χ3n) is 6.35. The average Bonchev–Trinajstić information content (AvgIpc) is 3.11. The fourth-order valence-electron chi connectivity index (χ4n) is 4.44. The Labute approximate surface area is 199 Å². The molecule has 1 N–H and O–H groups in total. The van der Waals surface area contributed by atoms with Gasteiger partial charge < -0.3 is 4.74 Å². The highest BCUT2D eigenvalue weighted by atomic mass is 16.5. The molecule has 0 amide bonds. The number of carbonyl (C=O) groups excluding carboxylic acids is 1. The number of benzene rings is 2. The Morgan fingerprint density at radius 2 is 1.82 bits per heavy atom. The number of azo groups is 1. The Morgan fingerprint density at radius 1 is 1.12 bits per heavy atom. The molecule has 2 unspecified atom stereocenters. The van der Waals surface area contributed by atoms with Gasteiger partial charge in [-0.15, -0.1) is 10.2 Å². The zero-order valence-corrected chi connectivity index (χ0v) is 19.8. The number of aromatic amines is 1. The summed E-state index contributed by atoms with van der Waals surface area (Å²) in [7, 11) is 0. The average molecular weight is 459 g/mol. The molecule has 2 atom stereocenters. The number of hydrogen-bond acceptors (Lipinski definition) is 5. The van der Waals surface area contributed by atoms with Crippen molar-refractivity contribution in [2.75, 3.05) is 0 Å². The summed E-state index contributed by atoms with van der Waals surface area (Å²) in [6.45, 7) is 10.2. The third-order valence-corrected chi connectivity index (χ3v) is 6.35. The van der Waals surface area contributed by atoms with Gasteiger partial charge in [0, 0.05) is 6.42 Å². The van der Waals surface area contributed by atoms with E-state index in [1.54, 1.807) is 31.2 Å². The Bertz CT molecular complexity index is 1270. The zero-order chi connectivity index (χ0) is 24.2. The van der Waals surface area contributed by atoms with Gasteiger partial charge in [0.05, 0.1) is 16.9 Å². The molecule has 0 radical (unpaired) electrons. The maximum Gasteiger partial charge on any atom is 0.340 e. The molecule has 1 aliphatic rings. The number of nitrogens with zero attached hydrogens (tertiary/aromatic N) is 3. The van der Waals surface area contributed by atoms with Crippen LogP contribution in [0.25, 0.3) is 5.69 Å². The highest BCUT2D eigenvalue weighted by molar-refractivity contribution is 5.94. The molecule has 1 heterocycles. The minimum Gasteiger partial charge on any atom is -0.458 e. The lowest BCUT2D eigenvalue weighted by Gasteiger charge is -2.34. The SMILES string of the molecule is C=C1CCC(C(C)C)C(OC(=O)c2ccccc2N=Nc2c(C)[nH]n(-c3ccccc3)c2=O)C1. The highest BCUT2D eigenvalue weighted by Gasteiger charge is 2.32. The van der Waals surface area contributed by atoms with Gasteiger partial charge in [-0.3, -0.25) is 9.89 Å². The summed E-state index contributed by atoms with van der Waals surface area (Å²) in [6, 6.07) is 16.1. The number of H-pyrrole nitrogens is 1. The largest absolute Gasteiger partial charge is 0.458 e. The van der Waals surface area contributed by atoms with Gasteiger partial charge in [0.1, 0.15) is 11.8 Å². The maximum absolute atomic E-state index is 13.1. The molecule has 1 aliphatic carbocycles. The van der Waals surface area contributed by atoms with Gasteiger partial charge >= 0.3 is 5.97 Å². The van der Waals surface area contributed by atoms with E-state index in [1.165, 1.54) is 4.68 Å². The number of aromatic nitrogens is 2. The molecule has 176 valence electrons. The van der Waals surface area contributed by atoms with E-state index in [4.69, 9.17) is 4.74 Å². The molecule has 1 aromatic heterocycles. The Kier molecular flexibility index (Phi) is 6.91. The first-order chi connectivity index (χ1) is 16.3. The molecule has 1 saturated carbocycles.